The number of benzene rings is 1. The molecule has 0 radical (unpaired) electrons. The van der Waals surface area contributed by atoms with Gasteiger partial charge in [-0.05, 0) is 24.1 Å². The summed E-state index contributed by atoms with van der Waals surface area (Å²) >= 11 is 0. The minimum atomic E-state index is 0.254. The Balaban J connectivity index is 2.97. The number of phenols is 1. The molecule has 0 bridgehead atoms. The van der Waals surface area contributed by atoms with Crippen molar-refractivity contribution in [2.45, 2.75) is 6.92 Å². The molecule has 0 fully saturated rings. The zero-order valence-electron chi connectivity index (χ0n) is 8.03. The second-order valence-electron chi connectivity index (χ2n) is 3.02. The molecule has 0 atom stereocenters. The molecule has 0 aliphatic rings. The second kappa shape index (κ2) is 4.42. The number of rotatable bonds is 3. The molecule has 0 saturated carbocycles. The Morgan fingerprint density at radius 2 is 2.21 bits per heavy atom. The fourth-order valence-corrected chi connectivity index (χ4v) is 1.06. The number of allylic oxidation sites excluding steroid dienone is 2. The average molecular weight is 188 g/mol. The van der Waals surface area contributed by atoms with Crippen molar-refractivity contribution in [3.63, 3.8) is 0 Å². The van der Waals surface area contributed by atoms with Gasteiger partial charge in [0.25, 0.3) is 0 Å². The van der Waals surface area contributed by atoms with E-state index in [1.807, 2.05) is 13.0 Å². The monoisotopic (exact) mass is 188 g/mol. The molecule has 2 nitrogen and oxygen atoms in total. The fourth-order valence-electron chi connectivity index (χ4n) is 1.06. The summed E-state index contributed by atoms with van der Waals surface area (Å²) < 4.78 is 0. The highest BCUT2D eigenvalue weighted by Gasteiger charge is 1.98. The fraction of sp³-hybridized carbons (Fsp3) is 0.0833. The Morgan fingerprint density at radius 3 is 2.86 bits per heavy atom. The molecule has 0 aromatic heterocycles. The van der Waals surface area contributed by atoms with Gasteiger partial charge in [0.1, 0.15) is 12.0 Å². The minimum Gasteiger partial charge on any atom is -0.508 e. The lowest BCUT2D eigenvalue weighted by Gasteiger charge is -2.01. The van der Waals surface area contributed by atoms with E-state index in [2.05, 4.69) is 6.58 Å². The molecule has 1 aromatic carbocycles. The number of carbonyl (C=O) groups excluding carboxylic acids is 1. The summed E-state index contributed by atoms with van der Waals surface area (Å²) in [6.45, 7) is 5.34. The predicted octanol–water partition coefficient (Wildman–Crippen LogP) is 2.47. The van der Waals surface area contributed by atoms with Crippen LogP contribution in [0.15, 0.2) is 36.4 Å². The smallest absolute Gasteiger partial charge is 0.149 e. The van der Waals surface area contributed by atoms with E-state index in [0.717, 1.165) is 11.1 Å². The zero-order chi connectivity index (χ0) is 10.6. The Bertz CT molecular complexity index is 389. The molecule has 14 heavy (non-hydrogen) atoms. The second-order valence-corrected chi connectivity index (χ2v) is 3.02. The molecule has 0 aliphatic heterocycles. The van der Waals surface area contributed by atoms with Crippen LogP contribution in [-0.2, 0) is 4.79 Å². The third kappa shape index (κ3) is 2.33. The van der Waals surface area contributed by atoms with Gasteiger partial charge in [-0.2, -0.15) is 0 Å². The first-order chi connectivity index (χ1) is 6.65. The molecule has 0 aliphatic carbocycles. The minimum absolute atomic E-state index is 0.254. The van der Waals surface area contributed by atoms with Gasteiger partial charge in [-0.3, -0.25) is 4.79 Å². The normalized spacial score (nSPS) is 10.4. The highest BCUT2D eigenvalue weighted by atomic mass is 16.3. The third-order valence-corrected chi connectivity index (χ3v) is 1.98. The lowest BCUT2D eigenvalue weighted by molar-refractivity contribution is -0.104. The van der Waals surface area contributed by atoms with Gasteiger partial charge in [0.2, 0.25) is 0 Å². The summed E-state index contributed by atoms with van der Waals surface area (Å²) in [5.74, 6) is 0.254. The Hall–Kier alpha value is -1.83. The topological polar surface area (TPSA) is 37.3 Å². The van der Waals surface area contributed by atoms with Crippen molar-refractivity contribution in [3.05, 3.63) is 47.6 Å². The maximum Gasteiger partial charge on any atom is 0.149 e. The van der Waals surface area contributed by atoms with E-state index in [9.17, 15) is 9.90 Å². The molecule has 2 heteroatoms. The van der Waals surface area contributed by atoms with Crippen LogP contribution in [0.25, 0.3) is 6.08 Å². The van der Waals surface area contributed by atoms with Gasteiger partial charge in [-0.1, -0.05) is 30.9 Å². The van der Waals surface area contributed by atoms with Crippen LogP contribution < -0.4 is 0 Å². The molecule has 0 heterocycles. The van der Waals surface area contributed by atoms with Crippen LogP contribution in [0.4, 0.5) is 0 Å². The molecule has 1 aromatic rings. The Labute approximate surface area is 83.2 Å². The lowest BCUT2D eigenvalue weighted by atomic mass is 10.1. The first kappa shape index (κ1) is 10.3. The van der Waals surface area contributed by atoms with Crippen molar-refractivity contribution in [1.29, 1.82) is 0 Å². The predicted molar refractivity (Wildman–Crippen MR) is 57.1 cm³/mol. The number of hydrogen-bond donors (Lipinski definition) is 1. The lowest BCUT2D eigenvalue weighted by Crippen LogP contribution is -1.81. The van der Waals surface area contributed by atoms with E-state index in [4.69, 9.17) is 0 Å². The van der Waals surface area contributed by atoms with E-state index < -0.39 is 0 Å². The highest BCUT2D eigenvalue weighted by Crippen LogP contribution is 2.20. The molecule has 72 valence electrons. The van der Waals surface area contributed by atoms with Gasteiger partial charge in [-0.15, -0.1) is 0 Å². The van der Waals surface area contributed by atoms with E-state index >= 15 is 0 Å². The van der Waals surface area contributed by atoms with Gasteiger partial charge in [0, 0.05) is 5.57 Å². The van der Waals surface area contributed by atoms with Gasteiger partial charge in [0.15, 0.2) is 0 Å². The Kier molecular flexibility index (Phi) is 3.24. The summed E-state index contributed by atoms with van der Waals surface area (Å²) in [5, 5.41) is 9.40. The van der Waals surface area contributed by atoms with Gasteiger partial charge < -0.3 is 5.11 Å². The quantitative estimate of drug-likeness (QED) is 0.449. The van der Waals surface area contributed by atoms with Crippen molar-refractivity contribution in [1.82, 2.24) is 0 Å². The van der Waals surface area contributed by atoms with Crippen LogP contribution in [0.1, 0.15) is 11.1 Å². The summed E-state index contributed by atoms with van der Waals surface area (Å²) in [6.07, 6.45) is 4.06. The van der Waals surface area contributed by atoms with Crippen LogP contribution in [0, 0.1) is 6.92 Å². The van der Waals surface area contributed by atoms with E-state index in [0.29, 0.717) is 11.9 Å². The van der Waals surface area contributed by atoms with Gasteiger partial charge in [0.05, 0.1) is 0 Å². The van der Waals surface area contributed by atoms with Crippen molar-refractivity contribution in [2.24, 2.45) is 0 Å². The van der Waals surface area contributed by atoms with Gasteiger partial charge >= 0.3 is 0 Å². The highest BCUT2D eigenvalue weighted by molar-refractivity contribution is 5.79. The third-order valence-electron chi connectivity index (χ3n) is 1.98. The van der Waals surface area contributed by atoms with E-state index in [1.54, 1.807) is 24.3 Å². The maximum absolute atomic E-state index is 10.3. The summed E-state index contributed by atoms with van der Waals surface area (Å²) in [7, 11) is 0. The van der Waals surface area contributed by atoms with Crippen LogP contribution in [0.3, 0.4) is 0 Å². The van der Waals surface area contributed by atoms with Crippen molar-refractivity contribution < 1.29 is 9.90 Å². The molecule has 0 amide bonds. The number of aromatic hydroxyl groups is 1. The first-order valence-corrected chi connectivity index (χ1v) is 4.26. The standard InChI is InChI=1S/C12H12O2/c1-9(8-13)6-7-11-4-3-5-12(14)10(11)2/h3-8,14H,1H2,2H3/b7-6-. The summed E-state index contributed by atoms with van der Waals surface area (Å²) in [6, 6.07) is 5.25. The van der Waals surface area contributed by atoms with Crippen molar-refractivity contribution in [2.75, 3.05) is 0 Å². The van der Waals surface area contributed by atoms with Crippen LogP contribution in [0.5, 0.6) is 5.75 Å². The number of phenolic OH excluding ortho intramolecular Hbond substituents is 1. The first-order valence-electron chi connectivity index (χ1n) is 4.26. The molecular formula is C12H12O2. The van der Waals surface area contributed by atoms with Crippen molar-refractivity contribution in [3.8, 4) is 5.75 Å². The van der Waals surface area contributed by atoms with E-state index in [-0.39, 0.29) is 5.75 Å². The molecular weight excluding hydrogens is 176 g/mol. The number of aldehydes is 1. The Morgan fingerprint density at radius 1 is 1.50 bits per heavy atom. The number of hydrogen-bond acceptors (Lipinski definition) is 2. The summed E-state index contributed by atoms with van der Waals surface area (Å²) in [4.78, 5) is 10.3. The largest absolute Gasteiger partial charge is 0.508 e. The molecule has 0 saturated heterocycles. The summed E-state index contributed by atoms with van der Waals surface area (Å²) in [5.41, 5.74) is 2.09. The van der Waals surface area contributed by atoms with Crippen LogP contribution in [-0.4, -0.2) is 11.4 Å². The van der Waals surface area contributed by atoms with Crippen LogP contribution >= 0.6 is 0 Å². The molecule has 1 rings (SSSR count). The van der Waals surface area contributed by atoms with Crippen molar-refractivity contribution >= 4 is 12.4 Å². The average Bonchev–Trinajstić information content (AvgIpc) is 2.20. The SMILES string of the molecule is C=C(C=O)/C=C\c1cccc(O)c1C. The van der Waals surface area contributed by atoms with Gasteiger partial charge in [-0.25, -0.2) is 0 Å². The van der Waals surface area contributed by atoms with Crippen LogP contribution in [0.2, 0.25) is 0 Å². The number of carbonyl (C=O) groups is 1. The maximum atomic E-state index is 10.3. The zero-order valence-corrected chi connectivity index (χ0v) is 8.03. The van der Waals surface area contributed by atoms with E-state index in [1.165, 1.54) is 0 Å². The molecule has 1 N–H and O–H groups in total. The molecule has 0 unspecified atom stereocenters. The molecule has 0 spiro atoms.